The Bertz CT molecular complexity index is 1090. The molecule has 1 amide bonds. The Morgan fingerprint density at radius 3 is 2.08 bits per heavy atom. The number of carboxylic acids is 2. The number of hydrogen-bond donors (Lipinski definition) is 3. The second-order valence-electron chi connectivity index (χ2n) is 8.55. The predicted octanol–water partition coefficient (Wildman–Crippen LogP) is 3.59. The number of nitrogens with one attached hydrogen (secondary N) is 1. The molecular formula is C23H25F6N3O6S. The number of halogens is 6. The summed E-state index contributed by atoms with van der Waals surface area (Å²) in [4.78, 5) is 39.2. The highest BCUT2D eigenvalue weighted by molar-refractivity contribution is 7.11. The second-order valence-corrected chi connectivity index (χ2v) is 9.93. The van der Waals surface area contributed by atoms with Crippen LogP contribution in [-0.2, 0) is 20.9 Å². The molecule has 0 bridgehead atoms. The van der Waals surface area contributed by atoms with Gasteiger partial charge in [-0.15, -0.1) is 11.3 Å². The number of carbonyl (C=O) groups is 3. The van der Waals surface area contributed by atoms with Gasteiger partial charge in [-0.2, -0.15) is 26.3 Å². The number of hydrogen-bond acceptors (Lipinski definition) is 7. The van der Waals surface area contributed by atoms with Crippen LogP contribution in [0.4, 0.5) is 26.3 Å². The summed E-state index contributed by atoms with van der Waals surface area (Å²) in [7, 11) is 0. The zero-order valence-corrected chi connectivity index (χ0v) is 21.1. The van der Waals surface area contributed by atoms with Crippen LogP contribution in [0.5, 0.6) is 0 Å². The molecule has 2 aliphatic heterocycles. The Hall–Kier alpha value is -3.24. The second kappa shape index (κ2) is 13.7. The minimum absolute atomic E-state index is 0.0326. The highest BCUT2D eigenvalue weighted by atomic mass is 32.1. The molecule has 2 aromatic heterocycles. The van der Waals surface area contributed by atoms with Crippen LogP contribution in [0, 0.1) is 18.8 Å². The van der Waals surface area contributed by atoms with E-state index in [0.717, 1.165) is 26.2 Å². The largest absolute Gasteiger partial charge is 0.490 e. The summed E-state index contributed by atoms with van der Waals surface area (Å²) in [6, 6.07) is 7.89. The van der Waals surface area contributed by atoms with Gasteiger partial charge >= 0.3 is 24.3 Å². The van der Waals surface area contributed by atoms with E-state index in [9.17, 15) is 31.1 Å². The third-order valence-electron chi connectivity index (χ3n) is 5.64. The van der Waals surface area contributed by atoms with Crippen molar-refractivity contribution in [1.82, 2.24) is 15.2 Å². The molecule has 4 rings (SSSR count). The number of pyridine rings is 1. The Morgan fingerprint density at radius 1 is 1.03 bits per heavy atom. The van der Waals surface area contributed by atoms with Crippen LogP contribution in [-0.4, -0.2) is 82.6 Å². The van der Waals surface area contributed by atoms with E-state index in [4.69, 9.17) is 24.5 Å². The van der Waals surface area contributed by atoms with E-state index in [0.29, 0.717) is 30.0 Å². The van der Waals surface area contributed by atoms with Gasteiger partial charge in [0.25, 0.3) is 5.91 Å². The maximum atomic E-state index is 12.2. The summed E-state index contributed by atoms with van der Waals surface area (Å²) >= 11 is 1.87. The number of nitrogens with zero attached hydrogens (tertiary/aromatic N) is 2. The molecule has 2 fully saturated rings. The lowest BCUT2D eigenvalue weighted by Crippen LogP contribution is -2.34. The van der Waals surface area contributed by atoms with Crippen molar-refractivity contribution in [2.75, 3.05) is 26.2 Å². The number of thiophene rings is 1. The molecule has 0 aliphatic carbocycles. The molecule has 2 aromatic rings. The van der Waals surface area contributed by atoms with Crippen LogP contribution >= 0.6 is 11.3 Å². The summed E-state index contributed by atoms with van der Waals surface area (Å²) < 4.78 is 69.5. The maximum Gasteiger partial charge on any atom is 0.490 e. The first kappa shape index (κ1) is 32.0. The van der Waals surface area contributed by atoms with Crippen LogP contribution in [0.3, 0.4) is 0 Å². The molecule has 0 saturated carbocycles. The number of alkyl halides is 6. The third-order valence-corrected chi connectivity index (χ3v) is 6.63. The number of likely N-dealkylation sites (tertiary alicyclic amines) is 1. The lowest BCUT2D eigenvalue weighted by molar-refractivity contribution is -0.193. The fourth-order valence-corrected chi connectivity index (χ4v) is 4.77. The average Bonchev–Trinajstić information content (AvgIpc) is 3.54. The van der Waals surface area contributed by atoms with Crippen LogP contribution in [0.1, 0.15) is 20.1 Å². The van der Waals surface area contributed by atoms with Crippen molar-refractivity contribution in [1.29, 1.82) is 0 Å². The molecule has 9 nitrogen and oxygen atoms in total. The molecular weight excluding hydrogens is 560 g/mol. The monoisotopic (exact) mass is 585 g/mol. The van der Waals surface area contributed by atoms with Gasteiger partial charge in [0.1, 0.15) is 0 Å². The summed E-state index contributed by atoms with van der Waals surface area (Å²) in [5, 5.41) is 17.3. The highest BCUT2D eigenvalue weighted by Gasteiger charge is 2.43. The highest BCUT2D eigenvalue weighted by Crippen LogP contribution is 2.34. The number of fused-ring (bicyclic) bond motifs is 1. The van der Waals surface area contributed by atoms with Crippen LogP contribution in [0.2, 0.25) is 0 Å². The molecule has 0 unspecified atom stereocenters. The molecule has 0 radical (unpaired) electrons. The van der Waals surface area contributed by atoms with Crippen molar-refractivity contribution in [2.24, 2.45) is 11.8 Å². The van der Waals surface area contributed by atoms with Crippen molar-refractivity contribution in [2.45, 2.75) is 31.9 Å². The minimum Gasteiger partial charge on any atom is -0.475 e. The first-order chi connectivity index (χ1) is 18.1. The van der Waals surface area contributed by atoms with Crippen molar-refractivity contribution in [3.63, 3.8) is 0 Å². The number of aromatic nitrogens is 1. The van der Waals surface area contributed by atoms with E-state index in [1.165, 1.54) is 9.75 Å². The predicted molar refractivity (Wildman–Crippen MR) is 125 cm³/mol. The normalized spacial score (nSPS) is 20.6. The molecule has 16 heteroatoms. The third kappa shape index (κ3) is 10.4. The standard InChI is InChI=1S/C19H23N3O2S.2C2HF3O2/c1-13-2-3-16(25-13)9-22-10-17-15(12-24-18(17)11-22)8-21-19(23)14-4-6-20-7-5-14;2*3-2(4,5)1(6)7/h2-7,15,17-18H,8-12H2,1H3,(H,21,23);2*(H,6,7)/t15-,17-,18-;;/m1../s1. The van der Waals surface area contributed by atoms with Gasteiger partial charge in [0, 0.05) is 65.7 Å². The zero-order chi connectivity index (χ0) is 29.4. The number of carbonyl (C=O) groups excluding carboxylic acids is 1. The topological polar surface area (TPSA) is 129 Å². The Kier molecular flexibility index (Phi) is 11.2. The smallest absolute Gasteiger partial charge is 0.475 e. The van der Waals surface area contributed by atoms with E-state index in [1.54, 1.807) is 24.5 Å². The van der Waals surface area contributed by atoms with E-state index >= 15 is 0 Å². The molecule has 4 heterocycles. The number of aryl methyl sites for hydroxylation is 1. The van der Waals surface area contributed by atoms with Gasteiger partial charge in [-0.3, -0.25) is 14.7 Å². The summed E-state index contributed by atoms with van der Waals surface area (Å²) in [5.41, 5.74) is 0.659. The molecule has 39 heavy (non-hydrogen) atoms. The van der Waals surface area contributed by atoms with Crippen molar-refractivity contribution in [3.8, 4) is 0 Å². The van der Waals surface area contributed by atoms with Gasteiger partial charge in [-0.25, -0.2) is 9.59 Å². The van der Waals surface area contributed by atoms with E-state index in [1.807, 2.05) is 11.3 Å². The van der Waals surface area contributed by atoms with E-state index in [2.05, 4.69) is 34.3 Å². The van der Waals surface area contributed by atoms with Crippen molar-refractivity contribution in [3.05, 3.63) is 52.0 Å². The summed E-state index contributed by atoms with van der Waals surface area (Å²) in [6.07, 6.45) is -6.57. The van der Waals surface area contributed by atoms with Gasteiger partial charge in [-0.1, -0.05) is 0 Å². The molecule has 3 atom stereocenters. The SMILES string of the molecule is Cc1ccc(CN2C[C@@H]3[C@H](CNC(=O)c4ccncc4)CO[C@@H]3C2)s1.O=C(O)C(F)(F)F.O=C(O)C(F)(F)F. The summed E-state index contributed by atoms with van der Waals surface area (Å²) in [5.74, 6) is -4.64. The van der Waals surface area contributed by atoms with Crippen LogP contribution in [0.25, 0.3) is 0 Å². The first-order valence-electron chi connectivity index (χ1n) is 11.3. The Morgan fingerprint density at radius 2 is 1.59 bits per heavy atom. The van der Waals surface area contributed by atoms with Crippen LogP contribution in [0.15, 0.2) is 36.7 Å². The number of amides is 1. The minimum atomic E-state index is -5.08. The van der Waals surface area contributed by atoms with Crippen molar-refractivity contribution < 1.29 is 55.7 Å². The Labute approximate surface area is 222 Å². The summed E-state index contributed by atoms with van der Waals surface area (Å²) in [6.45, 7) is 6.63. The lowest BCUT2D eigenvalue weighted by Gasteiger charge is -2.19. The quantitative estimate of drug-likeness (QED) is 0.455. The number of rotatable bonds is 5. The maximum absolute atomic E-state index is 12.2. The number of aliphatic carboxylic acids is 2. The Balaban J connectivity index is 0.000000317. The van der Waals surface area contributed by atoms with Gasteiger partial charge in [0.15, 0.2) is 0 Å². The molecule has 0 aromatic carbocycles. The first-order valence-corrected chi connectivity index (χ1v) is 12.1. The number of carboxylic acid groups (broad SMARTS) is 2. The fourth-order valence-electron chi connectivity index (χ4n) is 3.84. The molecule has 0 spiro atoms. The van der Waals surface area contributed by atoms with E-state index < -0.39 is 24.3 Å². The van der Waals surface area contributed by atoms with Gasteiger partial charge in [0.2, 0.25) is 0 Å². The van der Waals surface area contributed by atoms with Gasteiger partial charge < -0.3 is 20.3 Å². The molecule has 3 N–H and O–H groups in total. The molecule has 2 saturated heterocycles. The van der Waals surface area contributed by atoms with Gasteiger partial charge in [0.05, 0.1) is 12.7 Å². The molecule has 216 valence electrons. The fraction of sp³-hybridized carbons (Fsp3) is 0.478. The van der Waals surface area contributed by atoms with Gasteiger partial charge in [-0.05, 0) is 31.2 Å². The number of ether oxygens (including phenoxy) is 1. The van der Waals surface area contributed by atoms with E-state index in [-0.39, 0.29) is 5.91 Å². The van der Waals surface area contributed by atoms with Crippen LogP contribution < -0.4 is 5.32 Å². The molecule has 2 aliphatic rings. The zero-order valence-electron chi connectivity index (χ0n) is 20.3. The van der Waals surface area contributed by atoms with Crippen molar-refractivity contribution >= 4 is 29.2 Å². The average molecular weight is 586 g/mol. The lowest BCUT2D eigenvalue weighted by atomic mass is 9.93.